The number of nitrogens with one attached hydrogen (secondary N) is 1. The van der Waals surface area contributed by atoms with Gasteiger partial charge in [-0.15, -0.1) is 5.10 Å². The normalized spacial score (nSPS) is 22.9. The first-order chi connectivity index (χ1) is 17.6. The minimum atomic E-state index is -1.33. The molecule has 0 radical (unpaired) electrons. The first-order valence-electron chi connectivity index (χ1n) is 11.1. The van der Waals surface area contributed by atoms with E-state index in [9.17, 15) is 19.2 Å². The summed E-state index contributed by atoms with van der Waals surface area (Å²) < 4.78 is 37.9. The second-order valence-electron chi connectivity index (χ2n) is 7.91. The highest BCUT2D eigenvalue weighted by atomic mass is 16.7. The number of benzene rings is 1. The van der Waals surface area contributed by atoms with E-state index < -0.39 is 54.5 Å². The minimum Gasteiger partial charge on any atom is -0.497 e. The quantitative estimate of drug-likeness (QED) is 0.368. The molecule has 2 heterocycles. The fourth-order valence-corrected chi connectivity index (χ4v) is 3.60. The van der Waals surface area contributed by atoms with E-state index in [1.165, 1.54) is 14.0 Å². The zero-order valence-corrected chi connectivity index (χ0v) is 20.8. The summed E-state index contributed by atoms with van der Waals surface area (Å²) >= 11 is 0. The summed E-state index contributed by atoms with van der Waals surface area (Å²) in [4.78, 5) is 47.1. The van der Waals surface area contributed by atoms with Crippen LogP contribution in [0.3, 0.4) is 0 Å². The van der Waals surface area contributed by atoms with Gasteiger partial charge in [0.15, 0.2) is 24.5 Å². The SMILES string of the molecule is COc1ccc(-c2nnc(N[C@H]3O[C@@H](COC(C)=O)[C@H](OC(C)=O)[C@@H](OC(C)=O)[C@@H]3OC(C)=O)o2)cc1. The summed E-state index contributed by atoms with van der Waals surface area (Å²) in [6.07, 6.45) is -6.30. The summed E-state index contributed by atoms with van der Waals surface area (Å²) in [6.45, 7) is 4.23. The van der Waals surface area contributed by atoms with E-state index in [0.717, 1.165) is 20.8 Å². The monoisotopic (exact) mass is 521 g/mol. The van der Waals surface area contributed by atoms with Crippen molar-refractivity contribution in [1.29, 1.82) is 0 Å². The molecule has 0 spiro atoms. The summed E-state index contributed by atoms with van der Waals surface area (Å²) in [7, 11) is 1.54. The highest BCUT2D eigenvalue weighted by Crippen LogP contribution is 2.31. The number of hydrogen-bond donors (Lipinski definition) is 1. The number of rotatable bonds is 9. The van der Waals surface area contributed by atoms with Crippen molar-refractivity contribution < 1.29 is 52.0 Å². The van der Waals surface area contributed by atoms with Crippen molar-refractivity contribution in [2.24, 2.45) is 0 Å². The van der Waals surface area contributed by atoms with E-state index in [1.807, 2.05) is 0 Å². The molecule has 0 aliphatic carbocycles. The molecule has 0 saturated carbocycles. The maximum atomic E-state index is 11.9. The topological polar surface area (TPSA) is 175 Å². The predicted octanol–water partition coefficient (Wildman–Crippen LogP) is 1.24. The average Bonchev–Trinajstić information content (AvgIpc) is 3.29. The molecule has 3 rings (SSSR count). The summed E-state index contributed by atoms with van der Waals surface area (Å²) in [5.74, 6) is -2.03. The number of methoxy groups -OCH3 is 1. The molecule has 14 heteroatoms. The number of aromatic nitrogens is 2. The van der Waals surface area contributed by atoms with Gasteiger partial charge in [-0.3, -0.25) is 19.2 Å². The lowest BCUT2D eigenvalue weighted by Gasteiger charge is -2.44. The van der Waals surface area contributed by atoms with Gasteiger partial charge in [-0.2, -0.15) is 0 Å². The molecule has 1 N–H and O–H groups in total. The van der Waals surface area contributed by atoms with Gasteiger partial charge in [0, 0.05) is 33.3 Å². The summed E-state index contributed by atoms with van der Waals surface area (Å²) in [5.41, 5.74) is 0.600. The van der Waals surface area contributed by atoms with Gasteiger partial charge < -0.3 is 38.2 Å². The van der Waals surface area contributed by atoms with E-state index in [2.05, 4.69) is 15.5 Å². The van der Waals surface area contributed by atoms with Crippen molar-refractivity contribution >= 4 is 29.9 Å². The molecule has 1 aromatic carbocycles. The molecule has 1 aliphatic rings. The van der Waals surface area contributed by atoms with Gasteiger partial charge in [0.1, 0.15) is 18.5 Å². The Morgan fingerprint density at radius 2 is 1.43 bits per heavy atom. The van der Waals surface area contributed by atoms with Gasteiger partial charge >= 0.3 is 29.9 Å². The third kappa shape index (κ3) is 7.39. The summed E-state index contributed by atoms with van der Waals surface area (Å²) in [5, 5.41) is 10.7. The largest absolute Gasteiger partial charge is 0.497 e. The van der Waals surface area contributed by atoms with Crippen molar-refractivity contribution in [2.75, 3.05) is 19.0 Å². The van der Waals surface area contributed by atoms with Crippen molar-refractivity contribution in [2.45, 2.75) is 58.3 Å². The third-order valence-electron chi connectivity index (χ3n) is 5.02. The van der Waals surface area contributed by atoms with Crippen molar-refractivity contribution in [3.63, 3.8) is 0 Å². The van der Waals surface area contributed by atoms with Gasteiger partial charge in [0.2, 0.25) is 5.89 Å². The molecular weight excluding hydrogens is 494 g/mol. The van der Waals surface area contributed by atoms with Gasteiger partial charge in [0.25, 0.3) is 0 Å². The smallest absolute Gasteiger partial charge is 0.317 e. The Balaban J connectivity index is 1.92. The lowest BCUT2D eigenvalue weighted by molar-refractivity contribution is -0.247. The molecule has 0 bridgehead atoms. The predicted molar refractivity (Wildman–Crippen MR) is 122 cm³/mol. The number of nitrogens with zero attached hydrogens (tertiary/aromatic N) is 2. The zero-order chi connectivity index (χ0) is 27.1. The Morgan fingerprint density at radius 1 is 0.838 bits per heavy atom. The molecule has 0 amide bonds. The van der Waals surface area contributed by atoms with Crippen LogP contribution in [0.15, 0.2) is 28.7 Å². The van der Waals surface area contributed by atoms with E-state index in [4.69, 9.17) is 32.8 Å². The second kappa shape index (κ2) is 12.2. The zero-order valence-electron chi connectivity index (χ0n) is 20.8. The van der Waals surface area contributed by atoms with Crippen LogP contribution in [0.5, 0.6) is 5.75 Å². The molecule has 14 nitrogen and oxygen atoms in total. The summed E-state index contributed by atoms with van der Waals surface area (Å²) in [6, 6.07) is 6.74. The Hall–Kier alpha value is -4.20. The minimum absolute atomic E-state index is 0.119. The van der Waals surface area contributed by atoms with Crippen LogP contribution >= 0.6 is 0 Å². The lowest BCUT2D eigenvalue weighted by atomic mass is 9.97. The van der Waals surface area contributed by atoms with Crippen LogP contribution in [0.25, 0.3) is 11.5 Å². The van der Waals surface area contributed by atoms with Crippen molar-refractivity contribution in [1.82, 2.24) is 10.2 Å². The highest BCUT2D eigenvalue weighted by molar-refractivity contribution is 5.69. The lowest BCUT2D eigenvalue weighted by Crippen LogP contribution is -2.64. The maximum absolute atomic E-state index is 11.9. The Kier molecular flexibility index (Phi) is 9.00. The number of anilines is 1. The molecular formula is C23H27N3O11. The molecule has 2 aromatic rings. The van der Waals surface area contributed by atoms with Crippen molar-refractivity contribution in [3.8, 4) is 17.2 Å². The Bertz CT molecular complexity index is 1120. The highest BCUT2D eigenvalue weighted by Gasteiger charge is 2.52. The van der Waals surface area contributed by atoms with Gasteiger partial charge in [-0.05, 0) is 24.3 Å². The standard InChI is InChI=1S/C23H27N3O11/c1-11(27)32-10-17-18(33-12(2)28)19(34-13(3)29)20(35-14(4)30)22(36-17)24-23-26-25-21(37-23)15-6-8-16(31-5)9-7-15/h6-9,17-20,22H,10H2,1-5H3,(H,24,26)/t17-,18-,19+,20-,22-/m0/s1. The van der Waals surface area contributed by atoms with E-state index in [-0.39, 0.29) is 18.5 Å². The molecule has 0 unspecified atom stereocenters. The van der Waals surface area contributed by atoms with Crippen molar-refractivity contribution in [3.05, 3.63) is 24.3 Å². The van der Waals surface area contributed by atoms with Crippen LogP contribution in [0, 0.1) is 0 Å². The Morgan fingerprint density at radius 3 is 2.00 bits per heavy atom. The second-order valence-corrected chi connectivity index (χ2v) is 7.91. The van der Waals surface area contributed by atoms with Crippen LogP contribution in [0.4, 0.5) is 6.01 Å². The third-order valence-corrected chi connectivity index (χ3v) is 5.02. The number of carbonyl (C=O) groups excluding carboxylic acids is 4. The number of ether oxygens (including phenoxy) is 6. The van der Waals surface area contributed by atoms with Crippen LogP contribution < -0.4 is 10.1 Å². The fraction of sp³-hybridized carbons (Fsp3) is 0.478. The van der Waals surface area contributed by atoms with Crippen LogP contribution in [-0.2, 0) is 42.9 Å². The number of hydrogen-bond acceptors (Lipinski definition) is 14. The molecule has 1 fully saturated rings. The van der Waals surface area contributed by atoms with Crippen LogP contribution in [-0.4, -0.2) is 78.4 Å². The van der Waals surface area contributed by atoms with Gasteiger partial charge in [-0.25, -0.2) is 0 Å². The number of esters is 4. The first-order valence-corrected chi connectivity index (χ1v) is 11.1. The molecule has 37 heavy (non-hydrogen) atoms. The Labute approximate surface area is 211 Å². The molecule has 5 atom stereocenters. The molecule has 1 aromatic heterocycles. The first kappa shape index (κ1) is 27.4. The van der Waals surface area contributed by atoms with Crippen LogP contribution in [0.1, 0.15) is 27.7 Å². The molecule has 1 saturated heterocycles. The maximum Gasteiger partial charge on any atom is 0.317 e. The van der Waals surface area contributed by atoms with E-state index in [1.54, 1.807) is 24.3 Å². The molecule has 200 valence electrons. The fourth-order valence-electron chi connectivity index (χ4n) is 3.60. The van der Waals surface area contributed by atoms with Gasteiger partial charge in [0.05, 0.1) is 7.11 Å². The van der Waals surface area contributed by atoms with E-state index >= 15 is 0 Å². The average molecular weight is 521 g/mol. The number of carbonyl (C=O) groups is 4. The van der Waals surface area contributed by atoms with Gasteiger partial charge in [-0.1, -0.05) is 5.10 Å². The molecule has 1 aliphatic heterocycles. The van der Waals surface area contributed by atoms with E-state index in [0.29, 0.717) is 11.3 Å². The van der Waals surface area contributed by atoms with Crippen LogP contribution in [0.2, 0.25) is 0 Å².